The van der Waals surface area contributed by atoms with Gasteiger partial charge in [0.15, 0.2) is 0 Å². The quantitative estimate of drug-likeness (QED) is 0.588. The van der Waals surface area contributed by atoms with Crippen LogP contribution in [0.25, 0.3) is 0 Å². The fraction of sp³-hybridized carbons (Fsp3) is 0.818. The van der Waals surface area contributed by atoms with Crippen LogP contribution in [-0.2, 0) is 0 Å². The average molecular weight is 165 g/mol. The molecule has 2 unspecified atom stereocenters. The Balaban J connectivity index is 2.16. The molecule has 1 aliphatic heterocycles. The highest BCUT2D eigenvalue weighted by Crippen LogP contribution is 2.35. The van der Waals surface area contributed by atoms with E-state index >= 15 is 0 Å². The van der Waals surface area contributed by atoms with Crippen molar-refractivity contribution in [3.63, 3.8) is 0 Å². The van der Waals surface area contributed by atoms with Gasteiger partial charge in [0.2, 0.25) is 0 Å². The molecule has 1 N–H and O–H groups in total. The lowest BCUT2D eigenvalue weighted by Crippen LogP contribution is -2.31. The Morgan fingerprint density at radius 1 is 1.42 bits per heavy atom. The molecule has 2 atom stereocenters. The van der Waals surface area contributed by atoms with E-state index in [1.807, 2.05) is 0 Å². The molecule has 1 heterocycles. The lowest BCUT2D eigenvalue weighted by atomic mass is 9.79. The summed E-state index contributed by atoms with van der Waals surface area (Å²) in [6.45, 7) is 5.89. The van der Waals surface area contributed by atoms with Gasteiger partial charge in [-0.05, 0) is 37.6 Å². The summed E-state index contributed by atoms with van der Waals surface area (Å²) in [5.41, 5.74) is 1.72. The first-order valence-electron chi connectivity index (χ1n) is 5.22. The molecule has 0 aromatic rings. The predicted molar refractivity (Wildman–Crippen MR) is 52.1 cm³/mol. The van der Waals surface area contributed by atoms with Gasteiger partial charge >= 0.3 is 0 Å². The minimum absolute atomic E-state index is 0.762. The SMILES string of the molecule is CC(C)C1=CCCC2NCCC12. The molecule has 12 heavy (non-hydrogen) atoms. The van der Waals surface area contributed by atoms with Gasteiger partial charge in [0.1, 0.15) is 0 Å². The van der Waals surface area contributed by atoms with Crippen LogP contribution in [0.3, 0.4) is 0 Å². The third kappa shape index (κ3) is 1.31. The highest BCUT2D eigenvalue weighted by Gasteiger charge is 2.32. The minimum atomic E-state index is 0.762. The topological polar surface area (TPSA) is 12.0 Å². The van der Waals surface area contributed by atoms with E-state index in [0.29, 0.717) is 0 Å². The Bertz CT molecular complexity index is 193. The zero-order valence-corrected chi connectivity index (χ0v) is 8.14. The highest BCUT2D eigenvalue weighted by atomic mass is 15.0. The van der Waals surface area contributed by atoms with E-state index in [4.69, 9.17) is 0 Å². The van der Waals surface area contributed by atoms with Crippen molar-refractivity contribution in [2.45, 2.75) is 39.2 Å². The maximum absolute atomic E-state index is 3.60. The molecule has 0 spiro atoms. The van der Waals surface area contributed by atoms with Crippen molar-refractivity contribution in [1.82, 2.24) is 5.32 Å². The molecular formula is C11H19N. The van der Waals surface area contributed by atoms with Crippen LogP contribution < -0.4 is 5.32 Å². The van der Waals surface area contributed by atoms with E-state index in [0.717, 1.165) is 17.9 Å². The second-order valence-electron chi connectivity index (χ2n) is 4.39. The summed E-state index contributed by atoms with van der Waals surface area (Å²) < 4.78 is 0. The molecule has 1 saturated heterocycles. The van der Waals surface area contributed by atoms with Crippen LogP contribution in [-0.4, -0.2) is 12.6 Å². The van der Waals surface area contributed by atoms with Gasteiger partial charge in [-0.25, -0.2) is 0 Å². The molecule has 0 amide bonds. The molecule has 68 valence electrons. The normalized spacial score (nSPS) is 35.1. The summed E-state index contributed by atoms with van der Waals surface area (Å²) in [6, 6.07) is 0.812. The highest BCUT2D eigenvalue weighted by molar-refractivity contribution is 5.17. The van der Waals surface area contributed by atoms with Gasteiger partial charge in [-0.1, -0.05) is 25.5 Å². The maximum atomic E-state index is 3.60. The number of rotatable bonds is 1. The van der Waals surface area contributed by atoms with Gasteiger partial charge in [-0.3, -0.25) is 0 Å². The largest absolute Gasteiger partial charge is 0.313 e. The fourth-order valence-electron chi connectivity index (χ4n) is 2.71. The molecule has 2 aliphatic rings. The molecule has 0 aromatic heterocycles. The number of hydrogen-bond donors (Lipinski definition) is 1. The molecule has 0 bridgehead atoms. The molecular weight excluding hydrogens is 146 g/mol. The van der Waals surface area contributed by atoms with E-state index in [1.54, 1.807) is 5.57 Å². The zero-order chi connectivity index (χ0) is 8.55. The van der Waals surface area contributed by atoms with Crippen LogP contribution in [0.4, 0.5) is 0 Å². The number of hydrogen-bond acceptors (Lipinski definition) is 1. The number of nitrogens with one attached hydrogen (secondary N) is 1. The molecule has 1 aliphatic carbocycles. The summed E-state index contributed by atoms with van der Waals surface area (Å²) in [5.74, 6) is 1.64. The fourth-order valence-corrected chi connectivity index (χ4v) is 2.71. The Morgan fingerprint density at radius 2 is 2.25 bits per heavy atom. The number of allylic oxidation sites excluding steroid dienone is 1. The summed E-state index contributed by atoms with van der Waals surface area (Å²) >= 11 is 0. The standard InChI is InChI=1S/C11H19N/c1-8(2)9-4-3-5-11-10(9)6-7-12-11/h4,8,10-12H,3,5-7H2,1-2H3. The third-order valence-electron chi connectivity index (χ3n) is 3.30. The Labute approximate surface area is 75.2 Å². The molecule has 2 rings (SSSR count). The lowest BCUT2D eigenvalue weighted by molar-refractivity contribution is 0.421. The van der Waals surface area contributed by atoms with E-state index in [9.17, 15) is 0 Å². The van der Waals surface area contributed by atoms with Crippen LogP contribution in [0.15, 0.2) is 11.6 Å². The molecule has 1 fully saturated rings. The first-order chi connectivity index (χ1) is 5.79. The van der Waals surface area contributed by atoms with E-state index in [-0.39, 0.29) is 0 Å². The van der Waals surface area contributed by atoms with Crippen LogP contribution in [0, 0.1) is 11.8 Å². The molecule has 1 nitrogen and oxygen atoms in total. The number of fused-ring (bicyclic) bond motifs is 1. The van der Waals surface area contributed by atoms with Crippen molar-refractivity contribution in [1.29, 1.82) is 0 Å². The van der Waals surface area contributed by atoms with Gasteiger partial charge in [-0.15, -0.1) is 0 Å². The smallest absolute Gasteiger partial charge is 0.0136 e. The van der Waals surface area contributed by atoms with Gasteiger partial charge in [-0.2, -0.15) is 0 Å². The summed E-state index contributed by atoms with van der Waals surface area (Å²) in [7, 11) is 0. The molecule has 0 radical (unpaired) electrons. The second-order valence-corrected chi connectivity index (χ2v) is 4.39. The van der Waals surface area contributed by atoms with Crippen molar-refractivity contribution < 1.29 is 0 Å². The van der Waals surface area contributed by atoms with Crippen molar-refractivity contribution in [3.05, 3.63) is 11.6 Å². The third-order valence-corrected chi connectivity index (χ3v) is 3.30. The Morgan fingerprint density at radius 3 is 3.00 bits per heavy atom. The summed E-state index contributed by atoms with van der Waals surface area (Å²) in [6.07, 6.45) is 6.51. The van der Waals surface area contributed by atoms with Crippen molar-refractivity contribution in [2.75, 3.05) is 6.54 Å². The van der Waals surface area contributed by atoms with Gasteiger partial charge in [0.25, 0.3) is 0 Å². The minimum Gasteiger partial charge on any atom is -0.313 e. The lowest BCUT2D eigenvalue weighted by Gasteiger charge is -2.28. The van der Waals surface area contributed by atoms with Crippen LogP contribution in [0.2, 0.25) is 0 Å². The first-order valence-corrected chi connectivity index (χ1v) is 5.22. The van der Waals surface area contributed by atoms with Crippen molar-refractivity contribution in [3.8, 4) is 0 Å². The van der Waals surface area contributed by atoms with Gasteiger partial charge in [0, 0.05) is 6.04 Å². The second kappa shape index (κ2) is 3.21. The predicted octanol–water partition coefficient (Wildman–Crippen LogP) is 2.34. The van der Waals surface area contributed by atoms with Crippen LogP contribution in [0.5, 0.6) is 0 Å². The monoisotopic (exact) mass is 165 g/mol. The van der Waals surface area contributed by atoms with E-state index in [1.165, 1.54) is 25.8 Å². The summed E-state index contributed by atoms with van der Waals surface area (Å²) in [5, 5.41) is 3.60. The zero-order valence-electron chi connectivity index (χ0n) is 8.14. The molecule has 0 saturated carbocycles. The van der Waals surface area contributed by atoms with Crippen molar-refractivity contribution in [2.24, 2.45) is 11.8 Å². The Hall–Kier alpha value is -0.300. The van der Waals surface area contributed by atoms with Crippen LogP contribution in [0.1, 0.15) is 33.1 Å². The summed E-state index contributed by atoms with van der Waals surface area (Å²) in [4.78, 5) is 0. The molecule has 1 heteroatoms. The maximum Gasteiger partial charge on any atom is 0.0136 e. The van der Waals surface area contributed by atoms with Gasteiger partial charge < -0.3 is 5.32 Å². The van der Waals surface area contributed by atoms with Crippen LogP contribution >= 0.6 is 0 Å². The average Bonchev–Trinajstić information content (AvgIpc) is 2.49. The first kappa shape index (κ1) is 8.31. The van der Waals surface area contributed by atoms with E-state index in [2.05, 4.69) is 25.2 Å². The Kier molecular flexibility index (Phi) is 2.22. The van der Waals surface area contributed by atoms with E-state index < -0.39 is 0 Å². The van der Waals surface area contributed by atoms with Gasteiger partial charge in [0.05, 0.1) is 0 Å². The van der Waals surface area contributed by atoms with Crippen molar-refractivity contribution >= 4 is 0 Å². The molecule has 0 aromatic carbocycles.